The summed E-state index contributed by atoms with van der Waals surface area (Å²) in [6, 6.07) is 11.0. The number of benzene rings is 2. The van der Waals surface area contributed by atoms with Crippen LogP contribution in [0.5, 0.6) is 5.75 Å². The Balaban J connectivity index is 1.96. The number of hydrogen-bond acceptors (Lipinski definition) is 4. The number of aliphatic hydroxyl groups excluding tert-OH is 1. The molecule has 162 valence electrons. The zero-order chi connectivity index (χ0) is 22.3. The number of hydrogen-bond donors (Lipinski definition) is 1. The van der Waals surface area contributed by atoms with Crippen molar-refractivity contribution in [2.45, 2.75) is 58.5 Å². The van der Waals surface area contributed by atoms with Crippen molar-refractivity contribution in [1.29, 1.82) is 0 Å². The van der Waals surface area contributed by atoms with E-state index in [1.54, 1.807) is 18.1 Å². The Labute approximate surface area is 183 Å². The lowest BCUT2D eigenvalue weighted by atomic mass is 9.92. The molecule has 0 bridgehead atoms. The Kier molecular flexibility index (Phi) is 5.61. The maximum Gasteiger partial charge on any atom is 0.295 e. The highest BCUT2D eigenvalue weighted by atomic mass is 16.5. The van der Waals surface area contributed by atoms with Gasteiger partial charge in [-0.2, -0.15) is 0 Å². The van der Waals surface area contributed by atoms with Crippen LogP contribution in [0, 0.1) is 20.8 Å². The lowest BCUT2D eigenvalue weighted by Gasteiger charge is -2.31. The monoisotopic (exact) mass is 419 g/mol. The number of aryl methyl sites for hydroxylation is 3. The number of ether oxygens (including phenoxy) is 1. The summed E-state index contributed by atoms with van der Waals surface area (Å²) in [7, 11) is 1.55. The summed E-state index contributed by atoms with van der Waals surface area (Å²) < 4.78 is 5.56. The second-order valence-corrected chi connectivity index (χ2v) is 8.72. The lowest BCUT2D eigenvalue weighted by Crippen LogP contribution is -2.37. The van der Waals surface area contributed by atoms with Crippen LogP contribution in [-0.2, 0) is 9.59 Å². The van der Waals surface area contributed by atoms with Gasteiger partial charge in [-0.1, -0.05) is 48.7 Å². The molecule has 2 aromatic carbocycles. The number of amides is 1. The fourth-order valence-electron chi connectivity index (χ4n) is 5.12. The molecule has 1 aliphatic carbocycles. The predicted octanol–water partition coefficient (Wildman–Crippen LogP) is 4.98. The van der Waals surface area contributed by atoms with Gasteiger partial charge in [0.1, 0.15) is 11.5 Å². The molecule has 1 saturated carbocycles. The van der Waals surface area contributed by atoms with Gasteiger partial charge in [-0.05, 0) is 56.4 Å². The van der Waals surface area contributed by atoms with Gasteiger partial charge in [-0.3, -0.25) is 9.59 Å². The standard InChI is InChI=1S/C26H29NO4/c1-15-8-7-9-18(13-15)22-21(24(29)26(30)27(22)19-10-5-6-11-19)23(28)20-14-16(2)12-17(3)25(20)31-4/h7-9,12-14,19,22,28H,5-6,10-11H2,1-4H3/b23-21+. The van der Waals surface area contributed by atoms with Crippen LogP contribution in [-0.4, -0.2) is 34.8 Å². The number of nitrogens with zero attached hydrogens (tertiary/aromatic N) is 1. The van der Waals surface area contributed by atoms with E-state index in [0.717, 1.165) is 47.9 Å². The topological polar surface area (TPSA) is 66.8 Å². The summed E-state index contributed by atoms with van der Waals surface area (Å²) >= 11 is 0. The van der Waals surface area contributed by atoms with E-state index in [9.17, 15) is 14.7 Å². The average molecular weight is 420 g/mol. The minimum absolute atomic E-state index is 0.00778. The van der Waals surface area contributed by atoms with Gasteiger partial charge in [0.2, 0.25) is 0 Å². The maximum atomic E-state index is 13.3. The normalized spacial score (nSPS) is 21.2. The highest BCUT2D eigenvalue weighted by Crippen LogP contribution is 2.45. The van der Waals surface area contributed by atoms with Crippen molar-refractivity contribution in [2.24, 2.45) is 0 Å². The molecule has 5 heteroatoms. The second kappa shape index (κ2) is 8.22. The third kappa shape index (κ3) is 3.62. The summed E-state index contributed by atoms with van der Waals surface area (Å²) in [5.74, 6) is -0.812. The predicted molar refractivity (Wildman–Crippen MR) is 120 cm³/mol. The number of Topliss-reactive ketones (excluding diaryl/α,β-unsaturated/α-hetero) is 1. The molecule has 0 radical (unpaired) electrons. The molecule has 1 saturated heterocycles. The highest BCUT2D eigenvalue weighted by Gasteiger charge is 2.49. The van der Waals surface area contributed by atoms with Gasteiger partial charge < -0.3 is 14.7 Å². The third-order valence-corrected chi connectivity index (χ3v) is 6.43. The molecule has 31 heavy (non-hydrogen) atoms. The van der Waals surface area contributed by atoms with Crippen molar-refractivity contribution in [1.82, 2.24) is 4.90 Å². The molecule has 1 atom stereocenters. The number of carbonyl (C=O) groups is 2. The minimum Gasteiger partial charge on any atom is -0.507 e. The van der Waals surface area contributed by atoms with E-state index in [0.29, 0.717) is 11.3 Å². The lowest BCUT2D eigenvalue weighted by molar-refractivity contribution is -0.141. The van der Waals surface area contributed by atoms with Crippen LogP contribution in [0.2, 0.25) is 0 Å². The van der Waals surface area contributed by atoms with Gasteiger partial charge in [-0.25, -0.2) is 0 Å². The van der Waals surface area contributed by atoms with Crippen molar-refractivity contribution in [2.75, 3.05) is 7.11 Å². The van der Waals surface area contributed by atoms with E-state index in [1.807, 2.05) is 51.1 Å². The molecule has 0 aromatic heterocycles. The van der Waals surface area contributed by atoms with E-state index in [1.165, 1.54) is 0 Å². The van der Waals surface area contributed by atoms with Crippen LogP contribution in [0.15, 0.2) is 42.0 Å². The van der Waals surface area contributed by atoms with Crippen LogP contribution >= 0.6 is 0 Å². The zero-order valence-corrected chi connectivity index (χ0v) is 18.6. The molecule has 2 aliphatic rings. The molecule has 2 aromatic rings. The number of aliphatic hydroxyl groups is 1. The number of methoxy groups -OCH3 is 1. The smallest absolute Gasteiger partial charge is 0.295 e. The van der Waals surface area contributed by atoms with E-state index in [-0.39, 0.29) is 17.4 Å². The zero-order valence-electron chi connectivity index (χ0n) is 18.6. The molecule has 0 spiro atoms. The molecule has 1 unspecified atom stereocenters. The second-order valence-electron chi connectivity index (χ2n) is 8.72. The summed E-state index contributed by atoms with van der Waals surface area (Å²) in [5.41, 5.74) is 4.28. The quantitative estimate of drug-likeness (QED) is 0.431. The minimum atomic E-state index is -0.628. The summed E-state index contributed by atoms with van der Waals surface area (Å²) in [4.78, 5) is 28.2. The van der Waals surface area contributed by atoms with Crippen molar-refractivity contribution in [3.05, 3.63) is 69.8 Å². The van der Waals surface area contributed by atoms with Crippen LogP contribution in [0.1, 0.15) is 59.5 Å². The first-order chi connectivity index (χ1) is 14.8. The van der Waals surface area contributed by atoms with Crippen LogP contribution in [0.25, 0.3) is 5.76 Å². The molecule has 2 fully saturated rings. The van der Waals surface area contributed by atoms with Crippen molar-refractivity contribution >= 4 is 17.4 Å². The molecule has 1 heterocycles. The average Bonchev–Trinajstić information content (AvgIpc) is 3.34. The largest absolute Gasteiger partial charge is 0.507 e. The van der Waals surface area contributed by atoms with E-state index in [2.05, 4.69) is 0 Å². The third-order valence-electron chi connectivity index (χ3n) is 6.43. The van der Waals surface area contributed by atoms with E-state index < -0.39 is 17.7 Å². The molecule has 5 nitrogen and oxygen atoms in total. The molecule has 4 rings (SSSR count). The van der Waals surface area contributed by atoms with Crippen LogP contribution in [0.4, 0.5) is 0 Å². The first-order valence-corrected chi connectivity index (χ1v) is 10.9. The maximum absolute atomic E-state index is 13.3. The Morgan fingerprint density at radius 3 is 2.39 bits per heavy atom. The molecule has 1 amide bonds. The fraction of sp³-hybridized carbons (Fsp3) is 0.385. The number of ketones is 1. The van der Waals surface area contributed by atoms with Crippen molar-refractivity contribution in [3.8, 4) is 5.75 Å². The highest BCUT2D eigenvalue weighted by molar-refractivity contribution is 6.46. The van der Waals surface area contributed by atoms with Gasteiger partial charge in [0.25, 0.3) is 11.7 Å². The summed E-state index contributed by atoms with van der Waals surface area (Å²) in [5, 5.41) is 11.4. The van der Waals surface area contributed by atoms with Crippen LogP contribution in [0.3, 0.4) is 0 Å². The summed E-state index contributed by atoms with van der Waals surface area (Å²) in [6.07, 6.45) is 3.84. The number of likely N-dealkylation sites (tertiary alicyclic amines) is 1. The SMILES string of the molecule is COc1c(C)cc(C)cc1/C(O)=C1\C(=O)C(=O)N(C2CCCC2)C1c1cccc(C)c1. The van der Waals surface area contributed by atoms with Gasteiger partial charge in [-0.15, -0.1) is 0 Å². The Morgan fingerprint density at radius 2 is 1.74 bits per heavy atom. The van der Waals surface area contributed by atoms with Crippen LogP contribution < -0.4 is 4.74 Å². The van der Waals surface area contributed by atoms with Gasteiger partial charge in [0.05, 0.1) is 24.3 Å². The molecule has 1 aliphatic heterocycles. The molecule has 1 N–H and O–H groups in total. The fourth-order valence-corrected chi connectivity index (χ4v) is 5.12. The van der Waals surface area contributed by atoms with Gasteiger partial charge in [0.15, 0.2) is 0 Å². The van der Waals surface area contributed by atoms with Crippen molar-refractivity contribution < 1.29 is 19.4 Å². The number of rotatable bonds is 4. The van der Waals surface area contributed by atoms with Gasteiger partial charge in [0, 0.05) is 6.04 Å². The Bertz CT molecular complexity index is 1080. The summed E-state index contributed by atoms with van der Waals surface area (Å²) in [6.45, 7) is 5.81. The Morgan fingerprint density at radius 1 is 1.03 bits per heavy atom. The van der Waals surface area contributed by atoms with Gasteiger partial charge >= 0.3 is 0 Å². The first-order valence-electron chi connectivity index (χ1n) is 10.9. The van der Waals surface area contributed by atoms with E-state index >= 15 is 0 Å². The first kappa shape index (κ1) is 21.2. The Hall–Kier alpha value is -3.08. The van der Waals surface area contributed by atoms with E-state index in [4.69, 9.17) is 4.74 Å². The molecular formula is C26H29NO4. The number of carbonyl (C=O) groups excluding carboxylic acids is 2. The van der Waals surface area contributed by atoms with Crippen molar-refractivity contribution in [3.63, 3.8) is 0 Å². The molecular weight excluding hydrogens is 390 g/mol.